The van der Waals surface area contributed by atoms with Gasteiger partial charge in [-0.15, -0.1) is 0 Å². The molecule has 1 aliphatic heterocycles. The van der Waals surface area contributed by atoms with Gasteiger partial charge in [0.1, 0.15) is 18.8 Å². The molecule has 0 radical (unpaired) electrons. The summed E-state index contributed by atoms with van der Waals surface area (Å²) in [6, 6.07) is 0. The van der Waals surface area contributed by atoms with Crippen molar-refractivity contribution >= 4 is 27.9 Å². The highest BCUT2D eigenvalue weighted by Crippen LogP contribution is 2.36. The molecule has 1 aliphatic rings. The predicted octanol–water partition coefficient (Wildman–Crippen LogP) is 0.000720. The summed E-state index contributed by atoms with van der Waals surface area (Å²) in [6.07, 6.45) is -1.02. The molecule has 2 rings (SSSR count). The van der Waals surface area contributed by atoms with Crippen LogP contribution in [0.25, 0.3) is 0 Å². The molecule has 1 saturated heterocycles. The molecule has 1 aromatic rings. The summed E-state index contributed by atoms with van der Waals surface area (Å²) in [5.41, 5.74) is -0.825. The van der Waals surface area contributed by atoms with E-state index in [0.717, 1.165) is 0 Å². The highest BCUT2D eigenvalue weighted by atomic mass is 79.9. The maximum atomic E-state index is 12.0. The van der Waals surface area contributed by atoms with Crippen LogP contribution < -0.4 is 11.2 Å². The molecule has 10 heteroatoms. The Kier molecular flexibility index (Phi) is 5.60. The minimum atomic E-state index is -0.849. The first kappa shape index (κ1) is 18.4. The van der Waals surface area contributed by atoms with E-state index in [2.05, 4.69) is 20.9 Å². The van der Waals surface area contributed by atoms with Crippen LogP contribution in [0.4, 0.5) is 0 Å². The predicted molar refractivity (Wildman–Crippen MR) is 84.9 cm³/mol. The Morgan fingerprint density at radius 3 is 2.58 bits per heavy atom. The number of halogens is 1. The van der Waals surface area contributed by atoms with E-state index in [4.69, 9.17) is 14.2 Å². The van der Waals surface area contributed by atoms with Crippen molar-refractivity contribution in [2.24, 2.45) is 0 Å². The maximum Gasteiger partial charge on any atom is 0.330 e. The molecule has 24 heavy (non-hydrogen) atoms. The number of nitrogens with zero attached hydrogens (tertiary/aromatic N) is 1. The van der Waals surface area contributed by atoms with E-state index in [-0.39, 0.29) is 6.61 Å². The van der Waals surface area contributed by atoms with Crippen molar-refractivity contribution in [1.29, 1.82) is 0 Å². The zero-order chi connectivity index (χ0) is 18.0. The number of carbonyl (C=O) groups is 2. The van der Waals surface area contributed by atoms with Crippen LogP contribution in [0.1, 0.15) is 25.6 Å². The number of aromatic amines is 1. The van der Waals surface area contributed by atoms with Gasteiger partial charge in [0.15, 0.2) is 6.23 Å². The first-order valence-electron chi connectivity index (χ1n) is 7.13. The van der Waals surface area contributed by atoms with Gasteiger partial charge in [0.05, 0.1) is 4.83 Å². The third-order valence-corrected chi connectivity index (χ3v) is 4.41. The molecule has 4 unspecified atom stereocenters. The Labute approximate surface area is 145 Å². The van der Waals surface area contributed by atoms with Crippen LogP contribution in [0.15, 0.2) is 15.8 Å². The summed E-state index contributed by atoms with van der Waals surface area (Å²) in [7, 11) is 0. The Hall–Kier alpha value is -1.94. The fraction of sp³-hybridized carbons (Fsp3) is 0.571. The number of ether oxygens (including phenoxy) is 3. The van der Waals surface area contributed by atoms with E-state index >= 15 is 0 Å². The number of esters is 2. The van der Waals surface area contributed by atoms with Gasteiger partial charge in [-0.05, 0) is 6.92 Å². The lowest BCUT2D eigenvalue weighted by molar-refractivity contribution is -0.155. The van der Waals surface area contributed by atoms with Gasteiger partial charge in [-0.3, -0.25) is 23.9 Å². The minimum absolute atomic E-state index is 0.136. The average Bonchev–Trinajstić information content (AvgIpc) is 2.77. The summed E-state index contributed by atoms with van der Waals surface area (Å²) >= 11 is 3.37. The Bertz CT molecular complexity index is 756. The molecule has 132 valence electrons. The highest BCUT2D eigenvalue weighted by molar-refractivity contribution is 9.09. The molecule has 0 saturated carbocycles. The number of nitrogens with one attached hydrogen (secondary N) is 1. The third-order valence-electron chi connectivity index (χ3n) is 3.44. The Morgan fingerprint density at radius 2 is 2.00 bits per heavy atom. The smallest absolute Gasteiger partial charge is 0.330 e. The van der Waals surface area contributed by atoms with Crippen molar-refractivity contribution in [1.82, 2.24) is 9.55 Å². The lowest BCUT2D eigenvalue weighted by atomic mass is 10.2. The van der Waals surface area contributed by atoms with Crippen molar-refractivity contribution in [3.63, 3.8) is 0 Å². The van der Waals surface area contributed by atoms with Gasteiger partial charge < -0.3 is 14.2 Å². The number of alkyl halides is 1. The van der Waals surface area contributed by atoms with Gasteiger partial charge in [-0.25, -0.2) is 4.79 Å². The molecule has 0 amide bonds. The maximum absolute atomic E-state index is 12.0. The molecule has 1 aromatic heterocycles. The zero-order valence-corrected chi connectivity index (χ0v) is 14.9. The van der Waals surface area contributed by atoms with Crippen LogP contribution in [0.2, 0.25) is 0 Å². The number of hydrogen-bond donors (Lipinski definition) is 1. The largest absolute Gasteiger partial charge is 0.463 e. The van der Waals surface area contributed by atoms with E-state index in [0.29, 0.717) is 5.56 Å². The van der Waals surface area contributed by atoms with Crippen molar-refractivity contribution in [3.8, 4) is 0 Å². The summed E-state index contributed by atoms with van der Waals surface area (Å²) in [5, 5.41) is 0. The van der Waals surface area contributed by atoms with E-state index in [9.17, 15) is 19.2 Å². The van der Waals surface area contributed by atoms with Crippen molar-refractivity contribution in [2.75, 3.05) is 6.61 Å². The van der Waals surface area contributed by atoms with Crippen LogP contribution >= 0.6 is 15.9 Å². The van der Waals surface area contributed by atoms with Crippen LogP contribution in [0, 0.1) is 6.92 Å². The first-order valence-corrected chi connectivity index (χ1v) is 8.04. The summed E-state index contributed by atoms with van der Waals surface area (Å²) in [5.74, 6) is -1.04. The van der Waals surface area contributed by atoms with E-state index in [1.807, 2.05) is 0 Å². The number of aryl methyl sites for hydroxylation is 1. The van der Waals surface area contributed by atoms with Gasteiger partial charge in [-0.1, -0.05) is 15.9 Å². The molecule has 1 fully saturated rings. The third kappa shape index (κ3) is 3.93. The fourth-order valence-corrected chi connectivity index (χ4v) is 3.19. The SMILES string of the molecule is CC(=O)OCC1OC(n2cc(C)c(=O)[nH]c2=O)C(Br)C1OC(C)=O. The Morgan fingerprint density at radius 1 is 1.33 bits per heavy atom. The fourth-order valence-electron chi connectivity index (χ4n) is 2.36. The number of H-pyrrole nitrogens is 1. The summed E-state index contributed by atoms with van der Waals surface area (Å²) in [4.78, 5) is 47.5. The van der Waals surface area contributed by atoms with Gasteiger partial charge in [-0.2, -0.15) is 0 Å². The molecular weight excluding hydrogens is 388 g/mol. The van der Waals surface area contributed by atoms with Crippen molar-refractivity contribution in [2.45, 2.75) is 44.0 Å². The molecule has 9 nitrogen and oxygen atoms in total. The number of hydrogen-bond acceptors (Lipinski definition) is 7. The molecular formula is C14H17BrN2O7. The molecule has 4 atom stereocenters. The average molecular weight is 405 g/mol. The van der Waals surface area contributed by atoms with Crippen LogP contribution in [0.5, 0.6) is 0 Å². The van der Waals surface area contributed by atoms with Gasteiger partial charge in [0, 0.05) is 25.6 Å². The minimum Gasteiger partial charge on any atom is -0.463 e. The van der Waals surface area contributed by atoms with Gasteiger partial charge in [0.25, 0.3) is 5.56 Å². The number of aromatic nitrogens is 2. The number of rotatable bonds is 4. The standard InChI is InChI=1S/C14H17BrN2O7/c1-6-4-17(14(21)16-12(6)20)13-10(15)11(23-8(3)19)9(24-13)5-22-7(2)18/h4,9-11,13H,5H2,1-3H3,(H,16,20,21). The quantitative estimate of drug-likeness (QED) is 0.554. The molecule has 2 heterocycles. The summed E-state index contributed by atoms with van der Waals surface area (Å²) < 4.78 is 17.1. The molecule has 0 spiro atoms. The van der Waals surface area contributed by atoms with Crippen LogP contribution in [-0.2, 0) is 23.8 Å². The second-order valence-corrected chi connectivity index (χ2v) is 6.42. The highest BCUT2D eigenvalue weighted by Gasteiger charge is 2.47. The molecule has 0 bridgehead atoms. The lowest BCUT2D eigenvalue weighted by Crippen LogP contribution is -2.37. The second kappa shape index (κ2) is 7.31. The summed E-state index contributed by atoms with van der Waals surface area (Å²) in [6.45, 7) is 3.90. The molecule has 1 N–H and O–H groups in total. The topological polar surface area (TPSA) is 117 Å². The molecule has 0 aliphatic carbocycles. The number of carbonyl (C=O) groups excluding carboxylic acids is 2. The monoisotopic (exact) mass is 404 g/mol. The van der Waals surface area contributed by atoms with E-state index in [1.165, 1.54) is 24.6 Å². The van der Waals surface area contributed by atoms with Crippen molar-refractivity contribution < 1.29 is 23.8 Å². The van der Waals surface area contributed by atoms with Crippen LogP contribution in [0.3, 0.4) is 0 Å². The lowest BCUT2D eigenvalue weighted by Gasteiger charge is -2.19. The first-order chi connectivity index (χ1) is 11.2. The van der Waals surface area contributed by atoms with Crippen molar-refractivity contribution in [3.05, 3.63) is 32.6 Å². The Balaban J connectivity index is 2.33. The van der Waals surface area contributed by atoms with Gasteiger partial charge in [0.2, 0.25) is 0 Å². The van der Waals surface area contributed by atoms with E-state index in [1.54, 1.807) is 6.92 Å². The zero-order valence-electron chi connectivity index (χ0n) is 13.3. The van der Waals surface area contributed by atoms with Crippen LogP contribution in [-0.4, -0.2) is 45.1 Å². The normalized spacial score (nSPS) is 26.2. The second-order valence-electron chi connectivity index (χ2n) is 5.36. The van der Waals surface area contributed by atoms with E-state index < -0.39 is 46.5 Å². The van der Waals surface area contributed by atoms with Gasteiger partial charge >= 0.3 is 17.6 Å². The molecule has 0 aromatic carbocycles.